The van der Waals surface area contributed by atoms with Crippen LogP contribution in [0.4, 0.5) is 0 Å². The van der Waals surface area contributed by atoms with Gasteiger partial charge in [-0.15, -0.1) is 0 Å². The Balaban J connectivity index is 2.22. The molecule has 0 radical (unpaired) electrons. The Morgan fingerprint density at radius 3 is 2.09 bits per heavy atom. The maximum Gasteiger partial charge on any atom is 0.241 e. The molecule has 0 heterocycles. The molecule has 22 heavy (non-hydrogen) atoms. The molecule has 0 aliphatic carbocycles. The van der Waals surface area contributed by atoms with E-state index in [4.69, 9.17) is 0 Å². The van der Waals surface area contributed by atoms with Crippen LogP contribution >= 0.6 is 0 Å². The zero-order valence-electron chi connectivity index (χ0n) is 12.2. The van der Waals surface area contributed by atoms with Gasteiger partial charge in [-0.3, -0.25) is 4.79 Å². The van der Waals surface area contributed by atoms with E-state index < -0.39 is 16.1 Å². The fourth-order valence-corrected chi connectivity index (χ4v) is 3.28. The van der Waals surface area contributed by atoms with E-state index >= 15 is 0 Å². The monoisotopic (exact) mass is 318 g/mol. The first kappa shape index (κ1) is 16.2. The van der Waals surface area contributed by atoms with Gasteiger partial charge in [0.15, 0.2) is 0 Å². The molecule has 0 spiro atoms. The SMILES string of the molecule is CNC(=O)[C@@H](Cc1ccccc1)NS(=O)(=O)c1ccccc1. The van der Waals surface area contributed by atoms with E-state index in [1.165, 1.54) is 19.2 Å². The van der Waals surface area contributed by atoms with Crippen LogP contribution < -0.4 is 10.0 Å². The molecular formula is C16H18N2O3S. The van der Waals surface area contributed by atoms with Crippen LogP contribution in [-0.4, -0.2) is 27.4 Å². The highest BCUT2D eigenvalue weighted by atomic mass is 32.2. The van der Waals surface area contributed by atoms with E-state index in [1.807, 2.05) is 30.3 Å². The molecule has 2 aromatic carbocycles. The van der Waals surface area contributed by atoms with E-state index in [-0.39, 0.29) is 17.2 Å². The second-order valence-corrected chi connectivity index (χ2v) is 6.50. The summed E-state index contributed by atoms with van der Waals surface area (Å²) >= 11 is 0. The number of amides is 1. The number of carbonyl (C=O) groups is 1. The molecule has 2 aromatic rings. The maximum absolute atomic E-state index is 12.4. The van der Waals surface area contributed by atoms with Crippen molar-refractivity contribution in [1.29, 1.82) is 0 Å². The highest BCUT2D eigenvalue weighted by molar-refractivity contribution is 7.89. The van der Waals surface area contributed by atoms with Gasteiger partial charge < -0.3 is 5.32 Å². The van der Waals surface area contributed by atoms with Crippen LogP contribution in [0.1, 0.15) is 5.56 Å². The molecule has 2 N–H and O–H groups in total. The van der Waals surface area contributed by atoms with E-state index in [2.05, 4.69) is 10.0 Å². The molecule has 0 saturated carbocycles. The lowest BCUT2D eigenvalue weighted by Crippen LogP contribution is -2.46. The van der Waals surface area contributed by atoms with Crippen LogP contribution in [-0.2, 0) is 21.2 Å². The molecule has 0 bridgehead atoms. The summed E-state index contributed by atoms with van der Waals surface area (Å²) in [6.07, 6.45) is 0.284. The number of likely N-dealkylation sites (N-methyl/N-ethyl adjacent to an activating group) is 1. The quantitative estimate of drug-likeness (QED) is 0.843. The third kappa shape index (κ3) is 4.16. The first-order chi connectivity index (χ1) is 10.5. The molecule has 6 heteroatoms. The molecule has 0 unspecified atom stereocenters. The number of sulfonamides is 1. The van der Waals surface area contributed by atoms with Gasteiger partial charge in [0.05, 0.1) is 4.90 Å². The van der Waals surface area contributed by atoms with Crippen LogP contribution in [0.15, 0.2) is 65.6 Å². The Bertz CT molecular complexity index is 716. The number of nitrogens with one attached hydrogen (secondary N) is 2. The van der Waals surface area contributed by atoms with Crippen LogP contribution in [0.5, 0.6) is 0 Å². The molecule has 2 rings (SSSR count). The van der Waals surface area contributed by atoms with Crippen molar-refractivity contribution in [3.63, 3.8) is 0 Å². The van der Waals surface area contributed by atoms with Crippen molar-refractivity contribution in [1.82, 2.24) is 10.0 Å². The third-order valence-corrected chi connectivity index (χ3v) is 4.68. The Kier molecular flexibility index (Phi) is 5.30. The van der Waals surface area contributed by atoms with Crippen molar-refractivity contribution < 1.29 is 13.2 Å². The lowest BCUT2D eigenvalue weighted by Gasteiger charge is -2.17. The Hall–Kier alpha value is -2.18. The largest absolute Gasteiger partial charge is 0.358 e. The molecule has 0 saturated heterocycles. The molecular weight excluding hydrogens is 300 g/mol. The summed E-state index contributed by atoms with van der Waals surface area (Å²) in [5.74, 6) is -0.372. The highest BCUT2D eigenvalue weighted by Gasteiger charge is 2.25. The van der Waals surface area contributed by atoms with Crippen molar-refractivity contribution in [2.45, 2.75) is 17.4 Å². The Labute approximate surface area is 130 Å². The summed E-state index contributed by atoms with van der Waals surface area (Å²) in [6.45, 7) is 0. The smallest absolute Gasteiger partial charge is 0.241 e. The van der Waals surface area contributed by atoms with E-state index in [1.54, 1.807) is 18.2 Å². The van der Waals surface area contributed by atoms with Crippen LogP contribution in [0.3, 0.4) is 0 Å². The summed E-state index contributed by atoms with van der Waals surface area (Å²) in [4.78, 5) is 12.1. The van der Waals surface area contributed by atoms with E-state index in [0.29, 0.717) is 0 Å². The van der Waals surface area contributed by atoms with Gasteiger partial charge in [0.2, 0.25) is 15.9 Å². The van der Waals surface area contributed by atoms with Gasteiger partial charge in [0, 0.05) is 7.05 Å². The normalized spacial score (nSPS) is 12.6. The van der Waals surface area contributed by atoms with Crippen LogP contribution in [0.2, 0.25) is 0 Å². The van der Waals surface area contributed by atoms with Crippen molar-refractivity contribution in [3.8, 4) is 0 Å². The Morgan fingerprint density at radius 2 is 1.55 bits per heavy atom. The lowest BCUT2D eigenvalue weighted by atomic mass is 10.1. The van der Waals surface area contributed by atoms with Crippen molar-refractivity contribution in [2.75, 3.05) is 7.05 Å². The van der Waals surface area contributed by atoms with Gasteiger partial charge in [-0.25, -0.2) is 8.42 Å². The van der Waals surface area contributed by atoms with Crippen molar-refractivity contribution in [2.24, 2.45) is 0 Å². The van der Waals surface area contributed by atoms with Gasteiger partial charge >= 0.3 is 0 Å². The van der Waals surface area contributed by atoms with Gasteiger partial charge in [-0.2, -0.15) is 4.72 Å². The van der Waals surface area contributed by atoms with Crippen LogP contribution in [0, 0.1) is 0 Å². The minimum atomic E-state index is -3.75. The third-order valence-electron chi connectivity index (χ3n) is 3.20. The molecule has 0 aliphatic rings. The fourth-order valence-electron chi connectivity index (χ4n) is 2.07. The minimum Gasteiger partial charge on any atom is -0.358 e. The number of carbonyl (C=O) groups excluding carboxylic acids is 1. The zero-order valence-corrected chi connectivity index (χ0v) is 13.0. The predicted octanol–water partition coefficient (Wildman–Crippen LogP) is 1.32. The topological polar surface area (TPSA) is 75.3 Å². The fraction of sp³-hybridized carbons (Fsp3) is 0.188. The first-order valence-corrected chi connectivity index (χ1v) is 8.34. The summed E-state index contributed by atoms with van der Waals surface area (Å²) in [7, 11) is -2.26. The second-order valence-electron chi connectivity index (χ2n) is 4.79. The lowest BCUT2D eigenvalue weighted by molar-refractivity contribution is -0.122. The molecule has 0 aromatic heterocycles. The first-order valence-electron chi connectivity index (χ1n) is 6.86. The molecule has 1 atom stereocenters. The summed E-state index contributed by atoms with van der Waals surface area (Å²) in [6, 6.07) is 16.4. The summed E-state index contributed by atoms with van der Waals surface area (Å²) in [5.41, 5.74) is 0.881. The standard InChI is InChI=1S/C16H18N2O3S/c1-17-16(19)15(12-13-8-4-2-5-9-13)18-22(20,21)14-10-6-3-7-11-14/h2-11,15,18H,12H2,1H3,(H,17,19)/t15-/m1/s1. The molecule has 1 amide bonds. The highest BCUT2D eigenvalue weighted by Crippen LogP contribution is 2.10. The second kappa shape index (κ2) is 7.20. The number of rotatable bonds is 6. The minimum absolute atomic E-state index is 0.136. The molecule has 5 nitrogen and oxygen atoms in total. The Morgan fingerprint density at radius 1 is 1.00 bits per heavy atom. The number of hydrogen-bond donors (Lipinski definition) is 2. The van der Waals surface area contributed by atoms with Crippen molar-refractivity contribution in [3.05, 3.63) is 66.2 Å². The van der Waals surface area contributed by atoms with Gasteiger partial charge in [0.25, 0.3) is 0 Å². The van der Waals surface area contributed by atoms with Gasteiger partial charge in [-0.05, 0) is 24.1 Å². The predicted molar refractivity (Wildman–Crippen MR) is 84.8 cm³/mol. The van der Waals surface area contributed by atoms with Crippen molar-refractivity contribution >= 4 is 15.9 Å². The average molecular weight is 318 g/mol. The summed E-state index contributed by atoms with van der Waals surface area (Å²) in [5, 5.41) is 2.49. The number of hydrogen-bond acceptors (Lipinski definition) is 3. The molecule has 0 aliphatic heterocycles. The van der Waals surface area contributed by atoms with E-state index in [0.717, 1.165) is 5.56 Å². The number of benzene rings is 2. The average Bonchev–Trinajstić information content (AvgIpc) is 2.55. The van der Waals surface area contributed by atoms with E-state index in [9.17, 15) is 13.2 Å². The molecule has 116 valence electrons. The van der Waals surface area contributed by atoms with Gasteiger partial charge in [0.1, 0.15) is 6.04 Å². The maximum atomic E-state index is 12.4. The molecule has 0 fully saturated rings. The summed E-state index contributed by atoms with van der Waals surface area (Å²) < 4.78 is 27.2. The van der Waals surface area contributed by atoms with Crippen LogP contribution in [0.25, 0.3) is 0 Å². The zero-order chi connectivity index (χ0) is 16.0. The van der Waals surface area contributed by atoms with Gasteiger partial charge in [-0.1, -0.05) is 48.5 Å².